The van der Waals surface area contributed by atoms with E-state index in [1.807, 2.05) is 61.2 Å². The number of aromatic amines is 1. The zero-order valence-electron chi connectivity index (χ0n) is 34.8. The number of carbonyl (C=O) groups excluding carboxylic acids is 4. The summed E-state index contributed by atoms with van der Waals surface area (Å²) < 4.78 is 16.9. The molecule has 7 rings (SSSR count). The Morgan fingerprint density at radius 3 is 2.36 bits per heavy atom. The summed E-state index contributed by atoms with van der Waals surface area (Å²) in [7, 11) is 4.01. The minimum atomic E-state index is -1.07. The molecule has 1 aromatic heterocycles. The van der Waals surface area contributed by atoms with Crippen LogP contribution in [0.1, 0.15) is 55.2 Å². The molecule has 3 fully saturated rings. The minimum absolute atomic E-state index is 0.0207. The molecule has 0 unspecified atom stereocenters. The van der Waals surface area contributed by atoms with Crippen molar-refractivity contribution >= 4 is 40.8 Å². The molecule has 0 saturated carbocycles. The summed E-state index contributed by atoms with van der Waals surface area (Å²) in [5, 5.41) is 3.05. The highest BCUT2D eigenvalue weighted by atomic mass is 16.6. The van der Waals surface area contributed by atoms with Crippen molar-refractivity contribution in [3.8, 4) is 0 Å². The van der Waals surface area contributed by atoms with Crippen molar-refractivity contribution in [3.05, 3.63) is 63.6 Å². The monoisotopic (exact) mass is 816 g/mol. The molecule has 4 amide bonds. The summed E-state index contributed by atoms with van der Waals surface area (Å²) >= 11 is 0. The number of amides is 4. The van der Waals surface area contributed by atoms with Gasteiger partial charge in [-0.2, -0.15) is 0 Å². The number of anilines is 1. The number of carbonyl (C=O) groups is 4. The third-order valence-electron chi connectivity index (χ3n) is 12.4. The predicted octanol–water partition coefficient (Wildman–Crippen LogP) is 3.53. The van der Waals surface area contributed by atoms with Crippen LogP contribution in [0, 0.1) is 6.92 Å². The van der Waals surface area contributed by atoms with E-state index in [0.29, 0.717) is 82.3 Å². The van der Waals surface area contributed by atoms with Gasteiger partial charge in [0.25, 0.3) is 5.91 Å². The van der Waals surface area contributed by atoms with Gasteiger partial charge in [-0.25, -0.2) is 14.4 Å². The predicted molar refractivity (Wildman–Crippen MR) is 222 cm³/mol. The number of piperazine rings is 1. The number of oxazole rings is 1. The number of para-hydroxylation sites is 1. The SMILES string of the molecule is Cc1cc(C[C@@H](OC(=O)N2CCC(N3CCc4ccccc4NC3=O)CC2)C(=O)N2CCC(N3CCN(CCC(=O)OCCCN(C)C)CC3)CC2)cc2oc(=O)[nH]c12. The number of likely N-dealkylation sites (tertiary alicyclic amines) is 2. The lowest BCUT2D eigenvalue weighted by molar-refractivity contribution is -0.144. The molecule has 2 N–H and O–H groups in total. The molecule has 0 bridgehead atoms. The van der Waals surface area contributed by atoms with Gasteiger partial charge in [0.1, 0.15) is 0 Å². The molecule has 1 atom stereocenters. The molecule has 0 spiro atoms. The average molecular weight is 817 g/mol. The van der Waals surface area contributed by atoms with Crippen LogP contribution in [0.2, 0.25) is 0 Å². The number of aromatic nitrogens is 1. The standard InChI is InChI=1S/C43H60N8O8/c1-30-27-31(28-36-39(30)45-42(55)58-36)29-37(59-43(56)50-19-12-34(13-20-50)51-21-9-32-7-4-5-8-35(32)44-41(51)54)40(53)49-17-10-33(11-18-49)48-24-22-47(23-25-48)16-14-38(52)57-26-6-15-46(2)3/h4-5,7-8,27-28,33-34,37H,6,9-26,29H2,1-3H3,(H,44,54)(H,45,55)/t37-/m1/s1. The first-order valence-corrected chi connectivity index (χ1v) is 21.3. The largest absolute Gasteiger partial charge is 0.466 e. The van der Waals surface area contributed by atoms with Gasteiger partial charge in [0.2, 0.25) is 0 Å². The number of piperidine rings is 2. The highest BCUT2D eigenvalue weighted by Crippen LogP contribution is 2.27. The first-order chi connectivity index (χ1) is 28.5. The van der Waals surface area contributed by atoms with Crippen LogP contribution in [-0.2, 0) is 31.9 Å². The molecule has 3 aromatic rings. The van der Waals surface area contributed by atoms with Gasteiger partial charge in [0, 0.05) is 96.2 Å². The van der Waals surface area contributed by atoms with E-state index in [0.717, 1.165) is 80.8 Å². The number of hydrogen-bond donors (Lipinski definition) is 2. The first-order valence-electron chi connectivity index (χ1n) is 21.3. The Morgan fingerprint density at radius 2 is 1.61 bits per heavy atom. The van der Waals surface area contributed by atoms with E-state index in [4.69, 9.17) is 13.9 Å². The van der Waals surface area contributed by atoms with Crippen LogP contribution in [0.5, 0.6) is 0 Å². The fourth-order valence-electron chi connectivity index (χ4n) is 9.00. The average Bonchev–Trinajstić information content (AvgIpc) is 3.53. The van der Waals surface area contributed by atoms with E-state index in [9.17, 15) is 24.0 Å². The van der Waals surface area contributed by atoms with E-state index < -0.39 is 18.0 Å². The zero-order valence-corrected chi connectivity index (χ0v) is 34.8. The lowest BCUT2D eigenvalue weighted by Gasteiger charge is -2.43. The molecule has 0 radical (unpaired) electrons. The third-order valence-corrected chi connectivity index (χ3v) is 12.4. The lowest BCUT2D eigenvalue weighted by Crippen LogP contribution is -2.55. The van der Waals surface area contributed by atoms with Gasteiger partial charge in [-0.15, -0.1) is 0 Å². The van der Waals surface area contributed by atoms with Crippen molar-refractivity contribution in [3.63, 3.8) is 0 Å². The van der Waals surface area contributed by atoms with E-state index in [1.165, 1.54) is 0 Å². The number of nitrogens with zero attached hydrogens (tertiary/aromatic N) is 6. The number of hydrogen-bond acceptors (Lipinski definition) is 11. The second-order valence-electron chi connectivity index (χ2n) is 16.7. The Balaban J connectivity index is 0.921. The van der Waals surface area contributed by atoms with Crippen LogP contribution in [-0.4, -0.2) is 169 Å². The number of esters is 1. The lowest BCUT2D eigenvalue weighted by atomic mass is 9.99. The summed E-state index contributed by atoms with van der Waals surface area (Å²) in [6, 6.07) is 11.7. The van der Waals surface area contributed by atoms with Crippen molar-refractivity contribution in [2.75, 3.05) is 98.0 Å². The molecular formula is C43H60N8O8. The molecule has 0 aliphatic carbocycles. The van der Waals surface area contributed by atoms with Gasteiger partial charge >= 0.3 is 23.8 Å². The summed E-state index contributed by atoms with van der Waals surface area (Å²) in [5.41, 5.74) is 4.45. The molecule has 320 valence electrons. The molecule has 16 nitrogen and oxygen atoms in total. The molecular weight excluding hydrogens is 757 g/mol. The maximum Gasteiger partial charge on any atom is 0.417 e. The smallest absolute Gasteiger partial charge is 0.417 e. The van der Waals surface area contributed by atoms with Crippen molar-refractivity contribution in [2.45, 2.75) is 76.5 Å². The van der Waals surface area contributed by atoms with Crippen LogP contribution in [0.25, 0.3) is 11.1 Å². The normalized spacial score (nSPS) is 19.4. The Hall–Kier alpha value is -4.93. The molecule has 59 heavy (non-hydrogen) atoms. The van der Waals surface area contributed by atoms with Crippen LogP contribution in [0.15, 0.2) is 45.6 Å². The number of aryl methyl sites for hydroxylation is 1. The molecule has 3 saturated heterocycles. The van der Waals surface area contributed by atoms with E-state index in [-0.39, 0.29) is 30.4 Å². The molecule has 4 aliphatic rings. The van der Waals surface area contributed by atoms with Crippen molar-refractivity contribution in [1.29, 1.82) is 0 Å². The quantitative estimate of drug-likeness (QED) is 0.192. The summed E-state index contributed by atoms with van der Waals surface area (Å²) in [5.74, 6) is -0.936. The highest BCUT2D eigenvalue weighted by Gasteiger charge is 2.37. The summed E-state index contributed by atoms with van der Waals surface area (Å²) in [6.45, 7) is 9.98. The van der Waals surface area contributed by atoms with Gasteiger partial charge in [0.15, 0.2) is 11.7 Å². The number of benzene rings is 2. The van der Waals surface area contributed by atoms with Crippen LogP contribution in [0.4, 0.5) is 15.3 Å². The topological polar surface area (TPSA) is 164 Å². The first kappa shape index (κ1) is 42.2. The van der Waals surface area contributed by atoms with E-state index in [1.54, 1.807) is 11.0 Å². The van der Waals surface area contributed by atoms with Crippen molar-refractivity contribution < 1.29 is 33.1 Å². The molecule has 16 heteroatoms. The summed E-state index contributed by atoms with van der Waals surface area (Å²) in [4.78, 5) is 80.4. The van der Waals surface area contributed by atoms with Gasteiger partial charge in [0.05, 0.1) is 18.5 Å². The van der Waals surface area contributed by atoms with Gasteiger partial charge in [-0.3, -0.25) is 19.5 Å². The van der Waals surface area contributed by atoms with Crippen LogP contribution in [0.3, 0.4) is 0 Å². The van der Waals surface area contributed by atoms with Gasteiger partial charge < -0.3 is 43.7 Å². The van der Waals surface area contributed by atoms with Crippen LogP contribution >= 0.6 is 0 Å². The fraction of sp³-hybridized carbons (Fsp3) is 0.605. The number of nitrogens with one attached hydrogen (secondary N) is 2. The Morgan fingerprint density at radius 1 is 0.898 bits per heavy atom. The maximum atomic E-state index is 14.3. The Bertz CT molecular complexity index is 1990. The van der Waals surface area contributed by atoms with Gasteiger partial charge in [-0.05, 0) is 88.4 Å². The van der Waals surface area contributed by atoms with E-state index in [2.05, 4.69) is 25.0 Å². The number of rotatable bonds is 13. The molecule has 4 aliphatic heterocycles. The second-order valence-corrected chi connectivity index (χ2v) is 16.7. The van der Waals surface area contributed by atoms with E-state index >= 15 is 0 Å². The number of urea groups is 1. The second kappa shape index (κ2) is 19.4. The Labute approximate surface area is 345 Å². The van der Waals surface area contributed by atoms with Crippen LogP contribution < -0.4 is 11.1 Å². The van der Waals surface area contributed by atoms with Crippen molar-refractivity contribution in [2.24, 2.45) is 0 Å². The molecule has 2 aromatic carbocycles. The minimum Gasteiger partial charge on any atom is -0.466 e. The zero-order chi connectivity index (χ0) is 41.5. The number of ether oxygens (including phenoxy) is 2. The fourth-order valence-corrected chi connectivity index (χ4v) is 9.00. The highest BCUT2D eigenvalue weighted by molar-refractivity contribution is 5.91. The number of fused-ring (bicyclic) bond motifs is 2. The third kappa shape index (κ3) is 10.8. The Kier molecular flexibility index (Phi) is 13.9. The summed E-state index contributed by atoms with van der Waals surface area (Å²) in [6.07, 6.45) is 3.32. The van der Waals surface area contributed by atoms with Gasteiger partial charge in [-0.1, -0.05) is 24.3 Å². The number of H-pyrrole nitrogens is 1. The molecule has 5 heterocycles. The maximum absolute atomic E-state index is 14.3. The van der Waals surface area contributed by atoms with Crippen molar-refractivity contribution in [1.82, 2.24) is 34.4 Å².